The van der Waals surface area contributed by atoms with Crippen LogP contribution < -0.4 is 10.1 Å². The highest BCUT2D eigenvalue weighted by molar-refractivity contribution is 7.16. The number of hydrogen-bond acceptors (Lipinski definition) is 6. The minimum Gasteiger partial charge on any atom is -0.494 e. The van der Waals surface area contributed by atoms with Gasteiger partial charge in [-0.2, -0.15) is 0 Å². The van der Waals surface area contributed by atoms with Gasteiger partial charge in [0.05, 0.1) is 18.9 Å². The number of nitrogens with zero attached hydrogens (tertiary/aromatic N) is 2. The van der Waals surface area contributed by atoms with Gasteiger partial charge in [0, 0.05) is 36.6 Å². The molecule has 7 heteroatoms. The zero-order valence-electron chi connectivity index (χ0n) is 19.2. The summed E-state index contributed by atoms with van der Waals surface area (Å²) in [6.07, 6.45) is 1.52. The Balaban J connectivity index is 1.74. The number of nitrogens with one attached hydrogen (secondary N) is 1. The Hall–Kier alpha value is -2.61. The Morgan fingerprint density at radius 3 is 2.50 bits per heavy atom. The number of carbonyl (C=O) groups excluding carboxylic acids is 1. The molecule has 1 N–H and O–H groups in total. The number of piperazine rings is 1. The van der Waals surface area contributed by atoms with Gasteiger partial charge >= 0.3 is 0 Å². The van der Waals surface area contributed by atoms with E-state index in [2.05, 4.69) is 48.1 Å². The molecule has 0 aliphatic carbocycles. The summed E-state index contributed by atoms with van der Waals surface area (Å²) in [5.41, 5.74) is 3.59. The fourth-order valence-electron chi connectivity index (χ4n) is 4.19. The normalized spacial score (nSPS) is 16.1. The van der Waals surface area contributed by atoms with Crippen molar-refractivity contribution in [3.05, 3.63) is 70.0 Å². The van der Waals surface area contributed by atoms with Crippen molar-refractivity contribution in [3.63, 3.8) is 0 Å². The van der Waals surface area contributed by atoms with Crippen LogP contribution in [-0.2, 0) is 0 Å². The summed E-state index contributed by atoms with van der Waals surface area (Å²) in [5, 5.41) is 4.02. The zero-order chi connectivity index (χ0) is 22.7. The predicted octanol–water partition coefficient (Wildman–Crippen LogP) is 4.95. The molecule has 1 amide bonds. The molecule has 1 aromatic carbocycles. The quantitative estimate of drug-likeness (QED) is 0.549. The number of hydrogen-bond donors (Lipinski definition) is 1. The van der Waals surface area contributed by atoms with Crippen molar-refractivity contribution in [1.82, 2.24) is 9.80 Å². The van der Waals surface area contributed by atoms with E-state index in [0.29, 0.717) is 12.4 Å². The SMILES string of the molecule is CCOc1ccc([C@@H](c2c(NC(=O)c3ccco3)sc(C)c2C)N2CCN(C)CC2)cc1. The summed E-state index contributed by atoms with van der Waals surface area (Å²) >= 11 is 1.63. The lowest BCUT2D eigenvalue weighted by molar-refractivity contribution is 0.0996. The van der Waals surface area contributed by atoms with E-state index >= 15 is 0 Å². The molecule has 1 fully saturated rings. The third-order valence-electron chi connectivity index (χ3n) is 6.09. The molecule has 2 aromatic heterocycles. The number of amides is 1. The van der Waals surface area contributed by atoms with Crippen molar-refractivity contribution in [3.8, 4) is 5.75 Å². The molecule has 1 aliphatic rings. The van der Waals surface area contributed by atoms with E-state index in [-0.39, 0.29) is 11.9 Å². The summed E-state index contributed by atoms with van der Waals surface area (Å²) in [7, 11) is 2.16. The number of aryl methyl sites for hydroxylation is 1. The third-order valence-corrected chi connectivity index (χ3v) is 7.23. The van der Waals surface area contributed by atoms with Gasteiger partial charge in [-0.3, -0.25) is 9.69 Å². The van der Waals surface area contributed by atoms with Gasteiger partial charge in [0.15, 0.2) is 5.76 Å². The van der Waals surface area contributed by atoms with Gasteiger partial charge in [0.25, 0.3) is 5.91 Å². The van der Waals surface area contributed by atoms with Crippen LogP contribution in [0.1, 0.15) is 45.1 Å². The van der Waals surface area contributed by atoms with Crippen LogP contribution in [0.15, 0.2) is 47.1 Å². The van der Waals surface area contributed by atoms with E-state index in [0.717, 1.165) is 36.9 Å². The number of ether oxygens (including phenoxy) is 1. The van der Waals surface area contributed by atoms with E-state index in [1.807, 2.05) is 19.1 Å². The Kier molecular flexibility index (Phi) is 6.98. The zero-order valence-corrected chi connectivity index (χ0v) is 20.0. The van der Waals surface area contributed by atoms with E-state index < -0.39 is 0 Å². The number of anilines is 1. The van der Waals surface area contributed by atoms with Crippen LogP contribution in [0.4, 0.5) is 5.00 Å². The summed E-state index contributed by atoms with van der Waals surface area (Å²) in [6.45, 7) is 10.9. The van der Waals surface area contributed by atoms with Crippen LogP contribution in [0, 0.1) is 13.8 Å². The number of thiophene rings is 1. The minimum atomic E-state index is -0.221. The first-order valence-corrected chi connectivity index (χ1v) is 11.9. The lowest BCUT2D eigenvalue weighted by Crippen LogP contribution is -2.46. The average molecular weight is 454 g/mol. The van der Waals surface area contributed by atoms with Crippen molar-refractivity contribution in [2.24, 2.45) is 0 Å². The first kappa shape index (κ1) is 22.6. The lowest BCUT2D eigenvalue weighted by Gasteiger charge is -2.39. The molecule has 32 heavy (non-hydrogen) atoms. The molecule has 0 unspecified atom stereocenters. The molecule has 0 bridgehead atoms. The second kappa shape index (κ2) is 9.90. The summed E-state index contributed by atoms with van der Waals surface area (Å²) < 4.78 is 11.0. The van der Waals surface area contributed by atoms with Crippen LogP contribution in [-0.4, -0.2) is 55.5 Å². The van der Waals surface area contributed by atoms with Crippen molar-refractivity contribution in [1.29, 1.82) is 0 Å². The fraction of sp³-hybridized carbons (Fsp3) is 0.400. The largest absolute Gasteiger partial charge is 0.494 e. The maximum atomic E-state index is 12.8. The molecule has 3 heterocycles. The second-order valence-corrected chi connectivity index (χ2v) is 9.43. The number of carbonyl (C=O) groups is 1. The van der Waals surface area contributed by atoms with Gasteiger partial charge in [-0.05, 0) is 63.2 Å². The fourth-order valence-corrected chi connectivity index (χ4v) is 5.28. The van der Waals surface area contributed by atoms with Crippen molar-refractivity contribution in [2.45, 2.75) is 26.8 Å². The van der Waals surface area contributed by atoms with Crippen LogP contribution in [0.5, 0.6) is 5.75 Å². The average Bonchev–Trinajstić information content (AvgIpc) is 3.41. The third kappa shape index (κ3) is 4.75. The van der Waals surface area contributed by atoms with Gasteiger partial charge in [0.1, 0.15) is 10.8 Å². The summed E-state index contributed by atoms with van der Waals surface area (Å²) in [6, 6.07) is 11.9. The maximum absolute atomic E-state index is 12.8. The van der Waals surface area contributed by atoms with Crippen molar-refractivity contribution >= 4 is 22.2 Å². The van der Waals surface area contributed by atoms with E-state index in [1.54, 1.807) is 23.5 Å². The first-order valence-electron chi connectivity index (χ1n) is 11.1. The highest BCUT2D eigenvalue weighted by Gasteiger charge is 2.31. The number of likely N-dealkylation sites (N-methyl/N-ethyl adjacent to an activating group) is 1. The van der Waals surface area contributed by atoms with Gasteiger partial charge in [0.2, 0.25) is 0 Å². The van der Waals surface area contributed by atoms with Gasteiger partial charge < -0.3 is 19.4 Å². The van der Waals surface area contributed by atoms with Crippen LogP contribution in [0.3, 0.4) is 0 Å². The van der Waals surface area contributed by atoms with Crippen LogP contribution >= 0.6 is 11.3 Å². The predicted molar refractivity (Wildman–Crippen MR) is 129 cm³/mol. The van der Waals surface area contributed by atoms with Gasteiger partial charge in [-0.1, -0.05) is 12.1 Å². The standard InChI is InChI=1S/C25H31N3O3S/c1-5-30-20-10-8-19(9-11-20)23(28-14-12-27(4)13-15-28)22-17(2)18(3)32-25(22)26-24(29)21-7-6-16-31-21/h6-11,16,23H,5,12-15H2,1-4H3,(H,26,29)/t23-/m0/s1. The molecule has 4 rings (SSSR count). The molecule has 170 valence electrons. The van der Waals surface area contributed by atoms with E-state index in [9.17, 15) is 4.79 Å². The molecular formula is C25H31N3O3S. The highest BCUT2D eigenvalue weighted by Crippen LogP contribution is 2.43. The monoisotopic (exact) mass is 453 g/mol. The topological polar surface area (TPSA) is 58.0 Å². The Bertz CT molecular complexity index is 1040. The van der Waals surface area contributed by atoms with Crippen molar-refractivity contribution in [2.75, 3.05) is 45.2 Å². The van der Waals surface area contributed by atoms with Gasteiger partial charge in [-0.25, -0.2) is 0 Å². The van der Waals surface area contributed by atoms with Crippen molar-refractivity contribution < 1.29 is 13.9 Å². The minimum absolute atomic E-state index is 0.0521. The Morgan fingerprint density at radius 2 is 1.88 bits per heavy atom. The number of benzene rings is 1. The summed E-state index contributed by atoms with van der Waals surface area (Å²) in [5.74, 6) is 0.969. The molecule has 0 saturated carbocycles. The molecule has 1 saturated heterocycles. The molecule has 0 spiro atoms. The molecular weight excluding hydrogens is 422 g/mol. The lowest BCUT2D eigenvalue weighted by atomic mass is 9.94. The smallest absolute Gasteiger partial charge is 0.291 e. The van der Waals surface area contributed by atoms with Gasteiger partial charge in [-0.15, -0.1) is 11.3 Å². The summed E-state index contributed by atoms with van der Waals surface area (Å²) in [4.78, 5) is 18.9. The molecule has 6 nitrogen and oxygen atoms in total. The number of furan rings is 1. The maximum Gasteiger partial charge on any atom is 0.291 e. The molecule has 1 aliphatic heterocycles. The van der Waals surface area contributed by atoms with Crippen LogP contribution in [0.2, 0.25) is 0 Å². The Labute approximate surface area is 193 Å². The number of rotatable bonds is 7. The van der Waals surface area contributed by atoms with Crippen LogP contribution in [0.25, 0.3) is 0 Å². The molecule has 0 radical (unpaired) electrons. The Morgan fingerprint density at radius 1 is 1.16 bits per heavy atom. The first-order chi connectivity index (χ1) is 15.5. The second-order valence-electron chi connectivity index (χ2n) is 8.20. The van der Waals surface area contributed by atoms with E-state index in [4.69, 9.17) is 9.15 Å². The van der Waals surface area contributed by atoms with E-state index in [1.165, 1.54) is 27.8 Å². The molecule has 1 atom stereocenters. The molecule has 3 aromatic rings. The highest BCUT2D eigenvalue weighted by atomic mass is 32.1.